The van der Waals surface area contributed by atoms with Crippen molar-refractivity contribution >= 4 is 34.1 Å². The highest BCUT2D eigenvalue weighted by Crippen LogP contribution is 2.40. The standard InChI is InChI=1S/C24H25ClN2O/c1-16(24(28)27-20-12-10-19(25)11-13-20)17-6-8-18(9-7-17)21-14-15-26-23-5-3-2-4-22(21)23/h2-5,10-18H,6-9H2,1H3,(H,27,28)/t16-,17?,18?/m0/s1. The summed E-state index contributed by atoms with van der Waals surface area (Å²) in [5.41, 5.74) is 3.28. The monoisotopic (exact) mass is 392 g/mol. The molecule has 3 aromatic rings. The topological polar surface area (TPSA) is 42.0 Å². The van der Waals surface area contributed by atoms with Gasteiger partial charge in [0.25, 0.3) is 0 Å². The van der Waals surface area contributed by atoms with Gasteiger partial charge in [-0.05, 0) is 79.5 Å². The molecule has 1 heterocycles. The molecule has 1 aliphatic carbocycles. The molecule has 1 amide bonds. The summed E-state index contributed by atoms with van der Waals surface area (Å²) >= 11 is 5.92. The Labute approximate surface area is 171 Å². The van der Waals surface area contributed by atoms with E-state index in [1.807, 2.05) is 24.4 Å². The highest BCUT2D eigenvalue weighted by Gasteiger charge is 2.30. The van der Waals surface area contributed by atoms with E-state index in [1.165, 1.54) is 10.9 Å². The number of benzene rings is 2. The van der Waals surface area contributed by atoms with Crippen LogP contribution in [-0.4, -0.2) is 10.9 Å². The second-order valence-corrected chi connectivity index (χ2v) is 8.25. The molecular weight excluding hydrogens is 368 g/mol. The lowest BCUT2D eigenvalue weighted by atomic mass is 9.73. The first-order valence-electron chi connectivity index (χ1n) is 10.0. The molecule has 0 unspecified atom stereocenters. The highest BCUT2D eigenvalue weighted by molar-refractivity contribution is 6.30. The lowest BCUT2D eigenvalue weighted by Crippen LogP contribution is -2.29. The number of nitrogens with one attached hydrogen (secondary N) is 1. The fraction of sp³-hybridized carbons (Fsp3) is 0.333. The fourth-order valence-electron chi connectivity index (χ4n) is 4.41. The van der Waals surface area contributed by atoms with Gasteiger partial charge in [0.15, 0.2) is 0 Å². The lowest BCUT2D eigenvalue weighted by Gasteiger charge is -2.32. The summed E-state index contributed by atoms with van der Waals surface area (Å²) in [4.78, 5) is 17.2. The van der Waals surface area contributed by atoms with E-state index in [-0.39, 0.29) is 11.8 Å². The van der Waals surface area contributed by atoms with Gasteiger partial charge in [0.2, 0.25) is 5.91 Å². The lowest BCUT2D eigenvalue weighted by molar-refractivity contribution is -0.121. The van der Waals surface area contributed by atoms with Crippen LogP contribution in [0.5, 0.6) is 0 Å². The number of anilines is 1. The van der Waals surface area contributed by atoms with E-state index < -0.39 is 0 Å². The van der Waals surface area contributed by atoms with E-state index in [2.05, 4.69) is 41.5 Å². The molecule has 1 atom stereocenters. The highest BCUT2D eigenvalue weighted by atomic mass is 35.5. The molecule has 4 rings (SSSR count). The van der Waals surface area contributed by atoms with Crippen molar-refractivity contribution in [1.29, 1.82) is 0 Å². The maximum absolute atomic E-state index is 12.7. The van der Waals surface area contributed by atoms with Crippen molar-refractivity contribution in [3.8, 4) is 0 Å². The Morgan fingerprint density at radius 3 is 2.50 bits per heavy atom. The number of para-hydroxylation sites is 1. The minimum Gasteiger partial charge on any atom is -0.326 e. The van der Waals surface area contributed by atoms with Gasteiger partial charge in [-0.3, -0.25) is 9.78 Å². The number of pyridine rings is 1. The second-order valence-electron chi connectivity index (χ2n) is 7.81. The molecule has 0 spiro atoms. The number of fused-ring (bicyclic) bond motifs is 1. The van der Waals surface area contributed by atoms with Crippen molar-refractivity contribution in [2.45, 2.75) is 38.5 Å². The molecule has 2 aromatic carbocycles. The van der Waals surface area contributed by atoms with Crippen molar-refractivity contribution in [2.75, 3.05) is 5.32 Å². The summed E-state index contributed by atoms with van der Waals surface area (Å²) in [7, 11) is 0. The smallest absolute Gasteiger partial charge is 0.227 e. The number of nitrogens with zero attached hydrogens (tertiary/aromatic N) is 1. The number of halogens is 1. The SMILES string of the molecule is C[C@H](C(=O)Nc1ccc(Cl)cc1)C1CCC(c2ccnc3ccccc23)CC1. The maximum Gasteiger partial charge on any atom is 0.227 e. The molecular formula is C24H25ClN2O. The third-order valence-electron chi connectivity index (χ3n) is 6.13. The molecule has 0 bridgehead atoms. The van der Waals surface area contributed by atoms with Gasteiger partial charge < -0.3 is 5.32 Å². The summed E-state index contributed by atoms with van der Waals surface area (Å²) in [5, 5.41) is 4.97. The van der Waals surface area contributed by atoms with Gasteiger partial charge in [0.05, 0.1) is 5.52 Å². The van der Waals surface area contributed by atoms with E-state index in [4.69, 9.17) is 11.6 Å². The van der Waals surface area contributed by atoms with Gasteiger partial charge in [-0.25, -0.2) is 0 Å². The fourth-order valence-corrected chi connectivity index (χ4v) is 4.53. The first kappa shape index (κ1) is 18.9. The average Bonchev–Trinajstić information content (AvgIpc) is 2.74. The summed E-state index contributed by atoms with van der Waals surface area (Å²) in [6, 6.07) is 17.8. The molecule has 1 fully saturated rings. The molecule has 4 heteroatoms. The van der Waals surface area contributed by atoms with E-state index in [1.54, 1.807) is 12.1 Å². The zero-order valence-electron chi connectivity index (χ0n) is 16.1. The molecule has 28 heavy (non-hydrogen) atoms. The van der Waals surface area contributed by atoms with Gasteiger partial charge in [0.1, 0.15) is 0 Å². The van der Waals surface area contributed by atoms with Crippen molar-refractivity contribution in [3.05, 3.63) is 71.4 Å². The Kier molecular flexibility index (Phi) is 5.63. The number of carbonyl (C=O) groups excluding carboxylic acids is 1. The largest absolute Gasteiger partial charge is 0.326 e. The number of aromatic nitrogens is 1. The average molecular weight is 393 g/mol. The molecule has 0 aliphatic heterocycles. The van der Waals surface area contributed by atoms with E-state index in [9.17, 15) is 4.79 Å². The van der Waals surface area contributed by atoms with Crippen molar-refractivity contribution < 1.29 is 4.79 Å². The molecule has 1 aliphatic rings. The van der Waals surface area contributed by atoms with E-state index >= 15 is 0 Å². The predicted octanol–water partition coefficient (Wildman–Crippen LogP) is 6.44. The van der Waals surface area contributed by atoms with Gasteiger partial charge in [-0.1, -0.05) is 36.7 Å². The van der Waals surface area contributed by atoms with E-state index in [0.29, 0.717) is 16.9 Å². The summed E-state index contributed by atoms with van der Waals surface area (Å²) in [6.07, 6.45) is 6.33. The molecule has 1 N–H and O–H groups in total. The van der Waals surface area contributed by atoms with Crippen molar-refractivity contribution in [3.63, 3.8) is 0 Å². The predicted molar refractivity (Wildman–Crippen MR) is 116 cm³/mol. The van der Waals surface area contributed by atoms with Crippen LogP contribution in [0.3, 0.4) is 0 Å². The molecule has 0 saturated heterocycles. The number of amides is 1. The van der Waals surface area contributed by atoms with Crippen LogP contribution in [0.25, 0.3) is 10.9 Å². The van der Waals surface area contributed by atoms with Gasteiger partial charge in [-0.2, -0.15) is 0 Å². The zero-order valence-corrected chi connectivity index (χ0v) is 16.8. The van der Waals surface area contributed by atoms with Crippen LogP contribution in [0.15, 0.2) is 60.8 Å². The summed E-state index contributed by atoms with van der Waals surface area (Å²) < 4.78 is 0. The Bertz CT molecular complexity index is 957. The molecule has 1 saturated carbocycles. The van der Waals surface area contributed by atoms with Crippen LogP contribution in [0.1, 0.15) is 44.1 Å². The summed E-state index contributed by atoms with van der Waals surface area (Å²) in [5.74, 6) is 1.08. The van der Waals surface area contributed by atoms with Gasteiger partial charge in [-0.15, -0.1) is 0 Å². The first-order valence-corrected chi connectivity index (χ1v) is 10.4. The van der Waals surface area contributed by atoms with Crippen LogP contribution >= 0.6 is 11.6 Å². The summed E-state index contributed by atoms with van der Waals surface area (Å²) in [6.45, 7) is 2.05. The molecule has 0 radical (unpaired) electrons. The van der Waals surface area contributed by atoms with Gasteiger partial charge >= 0.3 is 0 Å². The van der Waals surface area contributed by atoms with Crippen molar-refractivity contribution in [1.82, 2.24) is 4.98 Å². The van der Waals surface area contributed by atoms with Crippen LogP contribution < -0.4 is 5.32 Å². The van der Waals surface area contributed by atoms with Crippen LogP contribution in [-0.2, 0) is 4.79 Å². The normalized spacial score (nSPS) is 20.6. The molecule has 3 nitrogen and oxygen atoms in total. The Morgan fingerprint density at radius 2 is 1.75 bits per heavy atom. The second kappa shape index (κ2) is 8.32. The third kappa shape index (κ3) is 4.05. The molecule has 144 valence electrons. The number of hydrogen-bond donors (Lipinski definition) is 1. The number of rotatable bonds is 4. The minimum atomic E-state index is 0.00538. The Morgan fingerprint density at radius 1 is 1.04 bits per heavy atom. The Hall–Kier alpha value is -2.39. The van der Waals surface area contributed by atoms with Crippen LogP contribution in [0.4, 0.5) is 5.69 Å². The third-order valence-corrected chi connectivity index (χ3v) is 6.38. The van der Waals surface area contributed by atoms with Crippen molar-refractivity contribution in [2.24, 2.45) is 11.8 Å². The quantitative estimate of drug-likeness (QED) is 0.555. The van der Waals surface area contributed by atoms with Gasteiger partial charge in [0, 0.05) is 28.2 Å². The first-order chi connectivity index (χ1) is 13.6. The minimum absolute atomic E-state index is 0.00538. The maximum atomic E-state index is 12.7. The van der Waals surface area contributed by atoms with Crippen LogP contribution in [0, 0.1) is 11.8 Å². The molecule has 1 aromatic heterocycles. The van der Waals surface area contributed by atoms with E-state index in [0.717, 1.165) is 36.9 Å². The number of hydrogen-bond acceptors (Lipinski definition) is 2. The number of carbonyl (C=O) groups is 1. The zero-order chi connectivity index (χ0) is 19.5. The Balaban J connectivity index is 1.39. The van der Waals surface area contributed by atoms with Crippen LogP contribution in [0.2, 0.25) is 5.02 Å².